The first-order chi connectivity index (χ1) is 18.5. The van der Waals surface area contributed by atoms with Gasteiger partial charge in [0.15, 0.2) is 9.34 Å². The van der Waals surface area contributed by atoms with E-state index < -0.39 is 16.1 Å². The third-order valence-corrected chi connectivity index (χ3v) is 10.9. The Morgan fingerprint density at radius 1 is 1.08 bits per heavy atom. The van der Waals surface area contributed by atoms with Crippen LogP contribution in [-0.2, 0) is 14.8 Å². The number of carbonyl (C=O) groups excluding carboxylic acids is 2. The zero-order valence-corrected chi connectivity index (χ0v) is 24.9. The molecule has 1 aliphatic heterocycles. The van der Waals surface area contributed by atoms with Crippen LogP contribution in [0.2, 0.25) is 0 Å². The SMILES string of the molecule is COC(=O)Nc1nc(C)c(S(=O)(=O)N2CCN(CC(C)NC(=O)c3cccc(-c4sc(C)nc4C)c3)CC2)s1. The lowest BCUT2D eigenvalue weighted by Crippen LogP contribution is -2.52. The third kappa shape index (κ3) is 6.81. The summed E-state index contributed by atoms with van der Waals surface area (Å²) in [5.74, 6) is -0.151. The third-order valence-electron chi connectivity index (χ3n) is 6.25. The molecule has 14 heteroatoms. The summed E-state index contributed by atoms with van der Waals surface area (Å²) in [4.78, 5) is 36.2. The van der Waals surface area contributed by atoms with Gasteiger partial charge in [0.1, 0.15) is 0 Å². The number of hydrogen-bond acceptors (Lipinski definition) is 10. The summed E-state index contributed by atoms with van der Waals surface area (Å²) >= 11 is 2.51. The standard InChI is InChI=1S/C25H32N6O5S3/c1-15(26-22(32)20-8-6-7-19(13-20)21-16(2)27-18(4)37-21)14-30-9-11-31(12-10-30)39(34,35)23-17(3)28-24(38-23)29-25(33)36-5/h6-8,13,15H,9-12,14H2,1-5H3,(H,26,32)(H,28,29,33). The smallest absolute Gasteiger partial charge is 0.413 e. The van der Waals surface area contributed by atoms with E-state index in [1.54, 1.807) is 24.3 Å². The molecule has 210 valence electrons. The van der Waals surface area contributed by atoms with Crippen molar-refractivity contribution in [3.8, 4) is 10.4 Å². The van der Waals surface area contributed by atoms with Crippen LogP contribution in [0, 0.1) is 20.8 Å². The monoisotopic (exact) mass is 592 g/mol. The number of methoxy groups -OCH3 is 1. The Balaban J connectivity index is 1.32. The molecule has 1 saturated heterocycles. The number of amides is 2. The Kier molecular flexibility index (Phi) is 9.01. The predicted molar refractivity (Wildman–Crippen MR) is 152 cm³/mol. The second-order valence-corrected chi connectivity index (χ2v) is 13.7. The summed E-state index contributed by atoms with van der Waals surface area (Å²) in [5.41, 5.74) is 2.84. The van der Waals surface area contributed by atoms with Gasteiger partial charge in [-0.25, -0.2) is 23.2 Å². The minimum atomic E-state index is -3.75. The van der Waals surface area contributed by atoms with E-state index in [0.717, 1.165) is 32.5 Å². The molecule has 2 amide bonds. The maximum atomic E-state index is 13.2. The number of aromatic nitrogens is 2. The quantitative estimate of drug-likeness (QED) is 0.406. The Hall–Kier alpha value is -2.91. The van der Waals surface area contributed by atoms with Gasteiger partial charge in [0, 0.05) is 44.3 Å². The van der Waals surface area contributed by atoms with Crippen LogP contribution in [0.25, 0.3) is 10.4 Å². The normalized spacial score (nSPS) is 15.6. The number of piperazine rings is 1. The highest BCUT2D eigenvalue weighted by atomic mass is 32.2. The van der Waals surface area contributed by atoms with Gasteiger partial charge in [-0.15, -0.1) is 11.3 Å². The van der Waals surface area contributed by atoms with E-state index in [4.69, 9.17) is 0 Å². The van der Waals surface area contributed by atoms with Crippen LogP contribution in [0.4, 0.5) is 9.93 Å². The summed E-state index contributed by atoms with van der Waals surface area (Å²) in [5, 5.41) is 6.64. The van der Waals surface area contributed by atoms with Gasteiger partial charge in [-0.05, 0) is 45.4 Å². The highest BCUT2D eigenvalue weighted by molar-refractivity contribution is 7.91. The molecule has 1 atom stereocenters. The van der Waals surface area contributed by atoms with E-state index in [9.17, 15) is 18.0 Å². The lowest BCUT2D eigenvalue weighted by atomic mass is 10.1. The molecular weight excluding hydrogens is 561 g/mol. The fourth-order valence-electron chi connectivity index (χ4n) is 4.42. The molecule has 1 fully saturated rings. The van der Waals surface area contributed by atoms with Crippen molar-refractivity contribution in [2.24, 2.45) is 0 Å². The summed E-state index contributed by atoms with van der Waals surface area (Å²) in [6, 6.07) is 7.41. The maximum absolute atomic E-state index is 13.2. The minimum absolute atomic E-state index is 0.105. The van der Waals surface area contributed by atoms with Crippen molar-refractivity contribution in [1.82, 2.24) is 24.5 Å². The van der Waals surface area contributed by atoms with Gasteiger partial charge in [-0.3, -0.25) is 15.0 Å². The molecule has 2 aromatic heterocycles. The number of nitrogens with one attached hydrogen (secondary N) is 2. The van der Waals surface area contributed by atoms with Crippen molar-refractivity contribution in [3.05, 3.63) is 46.2 Å². The number of benzene rings is 1. The van der Waals surface area contributed by atoms with E-state index in [1.807, 2.05) is 39.0 Å². The molecule has 3 heterocycles. The number of carbonyl (C=O) groups is 2. The molecule has 0 radical (unpaired) electrons. The number of sulfonamides is 1. The topological polar surface area (TPSA) is 134 Å². The Morgan fingerprint density at radius 3 is 2.44 bits per heavy atom. The van der Waals surface area contributed by atoms with E-state index >= 15 is 0 Å². The molecular formula is C25H32N6O5S3. The molecule has 11 nitrogen and oxygen atoms in total. The fourth-order valence-corrected chi connectivity index (χ4v) is 8.30. The molecule has 0 saturated carbocycles. The molecule has 0 bridgehead atoms. The van der Waals surface area contributed by atoms with Crippen molar-refractivity contribution in [2.75, 3.05) is 45.2 Å². The van der Waals surface area contributed by atoms with Crippen molar-refractivity contribution < 1.29 is 22.7 Å². The molecule has 1 aromatic carbocycles. The van der Waals surface area contributed by atoms with Crippen LogP contribution in [0.5, 0.6) is 0 Å². The van der Waals surface area contributed by atoms with Crippen molar-refractivity contribution in [1.29, 1.82) is 0 Å². The molecule has 1 aliphatic rings. The first kappa shape index (κ1) is 29.1. The molecule has 0 aliphatic carbocycles. The van der Waals surface area contributed by atoms with Gasteiger partial charge in [0.05, 0.1) is 28.4 Å². The average molecular weight is 593 g/mol. The van der Waals surface area contributed by atoms with Crippen molar-refractivity contribution >= 4 is 49.8 Å². The number of aryl methyl sites for hydroxylation is 3. The Morgan fingerprint density at radius 2 is 1.79 bits per heavy atom. The first-order valence-corrected chi connectivity index (χ1v) is 15.5. The maximum Gasteiger partial charge on any atom is 0.413 e. The van der Waals surface area contributed by atoms with Crippen LogP contribution in [0.1, 0.15) is 33.7 Å². The number of rotatable bonds is 8. The van der Waals surface area contributed by atoms with Gasteiger partial charge < -0.3 is 10.1 Å². The minimum Gasteiger partial charge on any atom is -0.453 e. The highest BCUT2D eigenvalue weighted by Crippen LogP contribution is 2.31. The summed E-state index contributed by atoms with van der Waals surface area (Å²) in [6.45, 7) is 9.77. The first-order valence-electron chi connectivity index (χ1n) is 12.4. The van der Waals surface area contributed by atoms with Gasteiger partial charge in [0.2, 0.25) is 0 Å². The number of thiazole rings is 2. The molecule has 39 heavy (non-hydrogen) atoms. The summed E-state index contributed by atoms with van der Waals surface area (Å²) in [6.07, 6.45) is -0.708. The average Bonchev–Trinajstić information content (AvgIpc) is 3.44. The zero-order chi connectivity index (χ0) is 28.3. The van der Waals surface area contributed by atoms with Crippen molar-refractivity contribution in [2.45, 2.75) is 37.9 Å². The zero-order valence-electron chi connectivity index (χ0n) is 22.5. The second kappa shape index (κ2) is 12.1. The van der Waals surface area contributed by atoms with Crippen molar-refractivity contribution in [3.63, 3.8) is 0 Å². The summed E-state index contributed by atoms with van der Waals surface area (Å²) < 4.78 is 32.6. The van der Waals surface area contributed by atoms with E-state index in [0.29, 0.717) is 44.0 Å². The van der Waals surface area contributed by atoms with E-state index in [1.165, 1.54) is 11.4 Å². The fraction of sp³-hybridized carbons (Fsp3) is 0.440. The summed E-state index contributed by atoms with van der Waals surface area (Å²) in [7, 11) is -2.53. The Bertz CT molecular complexity index is 1460. The van der Waals surface area contributed by atoms with Gasteiger partial charge in [-0.2, -0.15) is 4.31 Å². The predicted octanol–water partition coefficient (Wildman–Crippen LogP) is 3.49. The number of anilines is 1. The van der Waals surface area contributed by atoms with Crippen LogP contribution in [0.3, 0.4) is 0 Å². The van der Waals surface area contributed by atoms with Crippen LogP contribution < -0.4 is 10.6 Å². The molecule has 1 unspecified atom stereocenters. The van der Waals surface area contributed by atoms with Gasteiger partial charge in [0.25, 0.3) is 15.9 Å². The van der Waals surface area contributed by atoms with E-state index in [-0.39, 0.29) is 21.3 Å². The lowest BCUT2D eigenvalue weighted by molar-refractivity contribution is 0.0922. The van der Waals surface area contributed by atoms with Crippen LogP contribution in [-0.4, -0.2) is 85.5 Å². The second-order valence-electron chi connectivity index (χ2n) is 9.32. The highest BCUT2D eigenvalue weighted by Gasteiger charge is 2.32. The molecule has 0 spiro atoms. The molecule has 4 rings (SSSR count). The van der Waals surface area contributed by atoms with E-state index in [2.05, 4.69) is 30.2 Å². The number of nitrogens with zero attached hydrogens (tertiary/aromatic N) is 4. The lowest BCUT2D eigenvalue weighted by Gasteiger charge is -2.35. The largest absolute Gasteiger partial charge is 0.453 e. The molecule has 3 aromatic rings. The number of hydrogen-bond donors (Lipinski definition) is 2. The van der Waals surface area contributed by atoms with Crippen LogP contribution in [0.15, 0.2) is 28.5 Å². The van der Waals surface area contributed by atoms with Gasteiger partial charge in [-0.1, -0.05) is 23.5 Å². The number of ether oxygens (including phenoxy) is 1. The molecule has 2 N–H and O–H groups in total. The van der Waals surface area contributed by atoms with Gasteiger partial charge >= 0.3 is 6.09 Å². The Labute approximate surface area is 236 Å². The van der Waals surface area contributed by atoms with Crippen LogP contribution >= 0.6 is 22.7 Å².